The third-order valence-electron chi connectivity index (χ3n) is 6.31. The molecule has 1 fully saturated rings. The Bertz CT molecular complexity index is 1100. The van der Waals surface area contributed by atoms with Crippen molar-refractivity contribution in [3.05, 3.63) is 95.6 Å². The van der Waals surface area contributed by atoms with Crippen LogP contribution in [0.1, 0.15) is 53.2 Å². The first-order valence-corrected chi connectivity index (χ1v) is 11.1. The molecule has 6 nitrogen and oxygen atoms in total. The van der Waals surface area contributed by atoms with Gasteiger partial charge in [0.2, 0.25) is 5.91 Å². The summed E-state index contributed by atoms with van der Waals surface area (Å²) >= 11 is 0. The highest BCUT2D eigenvalue weighted by atomic mass is 19.1. The van der Waals surface area contributed by atoms with Gasteiger partial charge < -0.3 is 16.4 Å². The largest absolute Gasteiger partial charge is 0.353 e. The molecule has 4 rings (SSSR count). The van der Waals surface area contributed by atoms with Crippen molar-refractivity contribution < 1.29 is 14.0 Å². The minimum atomic E-state index is -0.637. The van der Waals surface area contributed by atoms with Crippen LogP contribution < -0.4 is 16.4 Å². The predicted octanol–water partition coefficient (Wildman–Crippen LogP) is 4.10. The third kappa shape index (κ3) is 5.09. The van der Waals surface area contributed by atoms with E-state index in [1.165, 1.54) is 12.1 Å². The summed E-state index contributed by atoms with van der Waals surface area (Å²) in [5.41, 5.74) is 8.52. The van der Waals surface area contributed by atoms with Gasteiger partial charge in [0.15, 0.2) is 0 Å². The highest BCUT2D eigenvalue weighted by Gasteiger charge is 2.42. The Kier molecular flexibility index (Phi) is 6.79. The molecule has 1 aliphatic rings. The SMILES string of the molecule is N[C@@H](CNC(=O)C1(c2ccc(F)cc2)CCCC1)c1ccc(C(=O)Nc2ccncc2)cc1. The van der Waals surface area contributed by atoms with Crippen LogP contribution >= 0.6 is 0 Å². The maximum atomic E-state index is 13.4. The van der Waals surface area contributed by atoms with Gasteiger partial charge in [-0.1, -0.05) is 37.1 Å². The van der Waals surface area contributed by atoms with Gasteiger partial charge in [-0.15, -0.1) is 0 Å². The Labute approximate surface area is 192 Å². The first-order chi connectivity index (χ1) is 16.0. The summed E-state index contributed by atoms with van der Waals surface area (Å²) in [5.74, 6) is -0.611. The number of rotatable bonds is 7. The zero-order valence-electron chi connectivity index (χ0n) is 18.3. The molecule has 1 saturated carbocycles. The van der Waals surface area contributed by atoms with Crippen LogP contribution in [0.5, 0.6) is 0 Å². The number of nitrogens with zero attached hydrogens (tertiary/aromatic N) is 1. The second kappa shape index (κ2) is 9.92. The number of benzene rings is 2. The van der Waals surface area contributed by atoms with E-state index >= 15 is 0 Å². The van der Waals surface area contributed by atoms with E-state index < -0.39 is 11.5 Å². The molecule has 0 saturated heterocycles. The highest BCUT2D eigenvalue weighted by molar-refractivity contribution is 6.04. The molecule has 3 aromatic rings. The van der Waals surface area contributed by atoms with Crippen LogP contribution in [0.4, 0.5) is 10.1 Å². The van der Waals surface area contributed by atoms with Gasteiger partial charge in [-0.05, 0) is 60.4 Å². The first-order valence-electron chi connectivity index (χ1n) is 11.1. The highest BCUT2D eigenvalue weighted by Crippen LogP contribution is 2.41. The van der Waals surface area contributed by atoms with Crippen molar-refractivity contribution >= 4 is 17.5 Å². The molecule has 1 heterocycles. The van der Waals surface area contributed by atoms with Gasteiger partial charge >= 0.3 is 0 Å². The molecule has 0 radical (unpaired) electrons. The number of hydrogen-bond acceptors (Lipinski definition) is 4. The summed E-state index contributed by atoms with van der Waals surface area (Å²) in [5, 5.41) is 5.81. The van der Waals surface area contributed by atoms with Gasteiger partial charge in [0, 0.05) is 36.2 Å². The Balaban J connectivity index is 1.37. The van der Waals surface area contributed by atoms with Gasteiger partial charge in [0.05, 0.1) is 5.41 Å². The number of aromatic nitrogens is 1. The van der Waals surface area contributed by atoms with Crippen molar-refractivity contribution in [2.24, 2.45) is 5.73 Å². The van der Waals surface area contributed by atoms with Crippen molar-refractivity contribution in [2.45, 2.75) is 37.1 Å². The molecule has 170 valence electrons. The minimum Gasteiger partial charge on any atom is -0.353 e. The number of nitrogens with one attached hydrogen (secondary N) is 2. The number of halogens is 1. The van der Waals surface area contributed by atoms with Crippen molar-refractivity contribution in [3.63, 3.8) is 0 Å². The van der Waals surface area contributed by atoms with Crippen molar-refractivity contribution in [1.29, 1.82) is 0 Å². The predicted molar refractivity (Wildman–Crippen MR) is 125 cm³/mol. The summed E-state index contributed by atoms with van der Waals surface area (Å²) in [6, 6.07) is 16.2. The smallest absolute Gasteiger partial charge is 0.255 e. The summed E-state index contributed by atoms with van der Waals surface area (Å²) in [4.78, 5) is 29.5. The van der Waals surface area contributed by atoms with E-state index in [1.54, 1.807) is 60.9 Å². The molecule has 0 unspecified atom stereocenters. The fourth-order valence-electron chi connectivity index (χ4n) is 4.40. The van der Waals surface area contributed by atoms with Crippen molar-refractivity contribution in [3.8, 4) is 0 Å². The minimum absolute atomic E-state index is 0.0737. The van der Waals surface area contributed by atoms with Crippen molar-refractivity contribution in [2.75, 3.05) is 11.9 Å². The molecular formula is C26H27FN4O2. The van der Waals surface area contributed by atoms with Crippen LogP contribution in [0.15, 0.2) is 73.1 Å². The Morgan fingerprint density at radius 3 is 2.24 bits per heavy atom. The molecule has 33 heavy (non-hydrogen) atoms. The van der Waals surface area contributed by atoms with Gasteiger partial charge in [-0.25, -0.2) is 4.39 Å². The number of carbonyl (C=O) groups is 2. The molecule has 0 aliphatic heterocycles. The Morgan fingerprint density at radius 2 is 1.61 bits per heavy atom. The third-order valence-corrected chi connectivity index (χ3v) is 6.31. The Morgan fingerprint density at radius 1 is 0.970 bits per heavy atom. The molecule has 7 heteroatoms. The van der Waals surface area contributed by atoms with E-state index in [1.807, 2.05) is 0 Å². The second-order valence-electron chi connectivity index (χ2n) is 8.42. The maximum absolute atomic E-state index is 13.4. The number of pyridine rings is 1. The number of nitrogens with two attached hydrogens (primary N) is 1. The van der Waals surface area contributed by atoms with Gasteiger partial charge in [0.25, 0.3) is 5.91 Å². The van der Waals surface area contributed by atoms with E-state index in [0.29, 0.717) is 11.3 Å². The molecule has 1 aliphatic carbocycles. The number of hydrogen-bond donors (Lipinski definition) is 3. The lowest BCUT2D eigenvalue weighted by Crippen LogP contribution is -2.44. The molecule has 0 bridgehead atoms. The van der Waals surface area contributed by atoms with E-state index in [0.717, 1.165) is 36.8 Å². The topological polar surface area (TPSA) is 97.1 Å². The molecule has 4 N–H and O–H groups in total. The summed E-state index contributed by atoms with van der Waals surface area (Å²) in [6.07, 6.45) is 6.61. The second-order valence-corrected chi connectivity index (χ2v) is 8.42. The van der Waals surface area contributed by atoms with E-state index in [-0.39, 0.29) is 24.2 Å². The molecule has 2 amide bonds. The lowest BCUT2D eigenvalue weighted by atomic mass is 9.78. The molecule has 2 aromatic carbocycles. The fraction of sp³-hybridized carbons (Fsp3) is 0.269. The quantitative estimate of drug-likeness (QED) is 0.509. The Hall–Kier alpha value is -3.58. The fourth-order valence-corrected chi connectivity index (χ4v) is 4.40. The van der Waals surface area contributed by atoms with Gasteiger partial charge in [0.1, 0.15) is 5.82 Å². The van der Waals surface area contributed by atoms with E-state index in [9.17, 15) is 14.0 Å². The van der Waals surface area contributed by atoms with Crippen LogP contribution in [-0.4, -0.2) is 23.3 Å². The standard InChI is InChI=1S/C26H27FN4O2/c27-21-9-7-20(8-10-21)26(13-1-2-14-26)25(33)30-17-23(28)18-3-5-19(6-4-18)24(32)31-22-11-15-29-16-12-22/h3-12,15-16,23H,1-2,13-14,17,28H2,(H,30,33)(H,29,31,32)/t23-/m0/s1. The normalized spacial score (nSPS) is 15.6. The first kappa shape index (κ1) is 22.6. The summed E-state index contributed by atoms with van der Waals surface area (Å²) in [7, 11) is 0. The van der Waals surface area contributed by atoms with Gasteiger partial charge in [-0.2, -0.15) is 0 Å². The van der Waals surface area contributed by atoms with Crippen LogP contribution in [0, 0.1) is 5.82 Å². The van der Waals surface area contributed by atoms with E-state index in [4.69, 9.17) is 5.73 Å². The van der Waals surface area contributed by atoms with Crippen LogP contribution in [0.25, 0.3) is 0 Å². The maximum Gasteiger partial charge on any atom is 0.255 e. The van der Waals surface area contributed by atoms with Crippen LogP contribution in [0.2, 0.25) is 0 Å². The number of anilines is 1. The molecule has 1 aromatic heterocycles. The number of carbonyl (C=O) groups excluding carboxylic acids is 2. The van der Waals surface area contributed by atoms with Crippen LogP contribution in [-0.2, 0) is 10.2 Å². The van der Waals surface area contributed by atoms with Crippen molar-refractivity contribution in [1.82, 2.24) is 10.3 Å². The zero-order valence-corrected chi connectivity index (χ0v) is 18.3. The zero-order chi connectivity index (χ0) is 23.3. The van der Waals surface area contributed by atoms with Gasteiger partial charge in [-0.3, -0.25) is 14.6 Å². The van der Waals surface area contributed by atoms with Crippen LogP contribution in [0.3, 0.4) is 0 Å². The lowest BCUT2D eigenvalue weighted by Gasteiger charge is -2.29. The summed E-state index contributed by atoms with van der Waals surface area (Å²) in [6.45, 7) is 0.268. The lowest BCUT2D eigenvalue weighted by molar-refractivity contribution is -0.126. The molecular weight excluding hydrogens is 419 g/mol. The van der Waals surface area contributed by atoms with E-state index in [2.05, 4.69) is 15.6 Å². The summed E-state index contributed by atoms with van der Waals surface area (Å²) < 4.78 is 13.4. The average molecular weight is 447 g/mol. The molecule has 0 spiro atoms. The molecule has 1 atom stereocenters. The number of amides is 2. The monoisotopic (exact) mass is 446 g/mol. The average Bonchev–Trinajstić information content (AvgIpc) is 3.35.